The Morgan fingerprint density at radius 2 is 1.96 bits per heavy atom. The van der Waals surface area contributed by atoms with Gasteiger partial charge in [0.1, 0.15) is 10.8 Å². The lowest BCUT2D eigenvalue weighted by molar-refractivity contribution is 0.415. The number of nitrogens with zero attached hydrogens (tertiary/aromatic N) is 3. The first kappa shape index (κ1) is 15.9. The number of fused-ring (bicyclic) bond motifs is 2. The molecule has 0 saturated heterocycles. The first-order valence-electron chi connectivity index (χ1n) is 7.51. The maximum atomic E-state index is 5.91. The van der Waals surface area contributed by atoms with Crippen molar-refractivity contribution in [2.45, 2.75) is 5.03 Å². The molecule has 0 aliphatic carbocycles. The highest BCUT2D eigenvalue weighted by Crippen LogP contribution is 2.29. The van der Waals surface area contributed by atoms with Crippen LogP contribution < -0.4 is 10.2 Å². The van der Waals surface area contributed by atoms with Gasteiger partial charge in [-0.05, 0) is 60.3 Å². The molecule has 4 rings (SSSR count). The monoisotopic (exact) mass is 368 g/mol. The average molecular weight is 369 g/mol. The van der Waals surface area contributed by atoms with E-state index in [0.717, 1.165) is 32.9 Å². The molecule has 2 aromatic carbocycles. The molecule has 3 aromatic rings. The minimum atomic E-state index is 0.651. The maximum Gasteiger partial charge on any atom is 0.188 e. The Labute approximate surface area is 153 Å². The number of pyridine rings is 1. The second kappa shape index (κ2) is 6.74. The zero-order chi connectivity index (χ0) is 17.2. The summed E-state index contributed by atoms with van der Waals surface area (Å²) in [4.78, 5) is 9.29. The fraction of sp³-hybridized carbons (Fsp3) is 0.0556. The average Bonchev–Trinajstić information content (AvgIpc) is 2.82. The van der Waals surface area contributed by atoms with Crippen molar-refractivity contribution in [2.75, 3.05) is 7.11 Å². The van der Waals surface area contributed by atoms with Gasteiger partial charge in [-0.2, -0.15) is 5.10 Å². The SMILES string of the molecule is COc1ccc2nc3c(cc2c1)C=NNC(=Nc1ccc(Cl)cc1)S3. The zero-order valence-electron chi connectivity index (χ0n) is 13.2. The largest absolute Gasteiger partial charge is 0.497 e. The topological polar surface area (TPSA) is 58.9 Å². The van der Waals surface area contributed by atoms with Crippen LogP contribution in [-0.4, -0.2) is 23.5 Å². The number of hydrogen-bond acceptors (Lipinski definition) is 5. The Bertz CT molecular complexity index is 1000. The molecule has 0 radical (unpaired) electrons. The number of hydrogen-bond donors (Lipinski definition) is 1. The molecule has 0 fully saturated rings. The fourth-order valence-electron chi connectivity index (χ4n) is 2.41. The molecule has 124 valence electrons. The lowest BCUT2D eigenvalue weighted by atomic mass is 10.1. The first-order valence-corrected chi connectivity index (χ1v) is 8.71. The van der Waals surface area contributed by atoms with Gasteiger partial charge < -0.3 is 4.74 Å². The second-order valence-corrected chi connectivity index (χ2v) is 6.72. The van der Waals surface area contributed by atoms with Crippen molar-refractivity contribution in [1.82, 2.24) is 10.4 Å². The van der Waals surface area contributed by atoms with Gasteiger partial charge >= 0.3 is 0 Å². The fourth-order valence-corrected chi connectivity index (χ4v) is 3.34. The van der Waals surface area contributed by atoms with Crippen LogP contribution in [0.1, 0.15) is 5.56 Å². The number of methoxy groups -OCH3 is 1. The third kappa shape index (κ3) is 3.45. The Hall–Kier alpha value is -2.57. The summed E-state index contributed by atoms with van der Waals surface area (Å²) in [5.74, 6) is 0.801. The number of hydrazone groups is 1. The number of benzene rings is 2. The summed E-state index contributed by atoms with van der Waals surface area (Å²) in [6, 6.07) is 15.2. The molecular formula is C18H13ClN4OS. The van der Waals surface area contributed by atoms with Gasteiger partial charge in [-0.1, -0.05) is 11.6 Å². The highest BCUT2D eigenvalue weighted by molar-refractivity contribution is 8.13. The third-order valence-electron chi connectivity index (χ3n) is 3.63. The van der Waals surface area contributed by atoms with Crippen LogP contribution in [0.5, 0.6) is 5.75 Å². The van der Waals surface area contributed by atoms with Crippen LogP contribution >= 0.6 is 23.4 Å². The van der Waals surface area contributed by atoms with E-state index in [1.165, 1.54) is 11.8 Å². The molecule has 2 heterocycles. The molecule has 7 heteroatoms. The highest BCUT2D eigenvalue weighted by Gasteiger charge is 2.14. The summed E-state index contributed by atoms with van der Waals surface area (Å²) in [5.41, 5.74) is 5.58. The van der Waals surface area contributed by atoms with Crippen LogP contribution in [-0.2, 0) is 0 Å². The lowest BCUT2D eigenvalue weighted by Gasteiger charge is -2.07. The summed E-state index contributed by atoms with van der Waals surface area (Å²) < 4.78 is 5.28. The number of halogens is 1. The van der Waals surface area contributed by atoms with Gasteiger partial charge in [0, 0.05) is 16.0 Å². The van der Waals surface area contributed by atoms with Gasteiger partial charge in [0.05, 0.1) is 24.5 Å². The van der Waals surface area contributed by atoms with Gasteiger partial charge in [0.2, 0.25) is 0 Å². The summed E-state index contributed by atoms with van der Waals surface area (Å²) in [5, 5.41) is 7.41. The minimum Gasteiger partial charge on any atom is -0.497 e. The summed E-state index contributed by atoms with van der Waals surface area (Å²) in [6.07, 6.45) is 1.75. The lowest BCUT2D eigenvalue weighted by Crippen LogP contribution is -2.11. The van der Waals surface area contributed by atoms with Gasteiger partial charge in [-0.15, -0.1) is 0 Å². The molecule has 0 saturated carbocycles. The predicted molar refractivity (Wildman–Crippen MR) is 103 cm³/mol. The summed E-state index contributed by atoms with van der Waals surface area (Å²) >= 11 is 7.35. The van der Waals surface area contributed by atoms with E-state index in [1.807, 2.05) is 36.4 Å². The molecule has 25 heavy (non-hydrogen) atoms. The van der Waals surface area contributed by atoms with E-state index in [4.69, 9.17) is 21.3 Å². The second-order valence-electron chi connectivity index (χ2n) is 5.31. The number of ether oxygens (including phenoxy) is 1. The Morgan fingerprint density at radius 3 is 2.76 bits per heavy atom. The summed E-state index contributed by atoms with van der Waals surface area (Å²) in [6.45, 7) is 0. The van der Waals surface area contributed by atoms with E-state index >= 15 is 0 Å². The van der Waals surface area contributed by atoms with E-state index in [0.29, 0.717) is 10.2 Å². The molecule has 1 aliphatic rings. The van der Waals surface area contributed by atoms with Crippen LogP contribution in [0, 0.1) is 0 Å². The van der Waals surface area contributed by atoms with Gasteiger partial charge in [0.25, 0.3) is 0 Å². The Kier molecular flexibility index (Phi) is 4.29. The Balaban J connectivity index is 1.72. The number of rotatable bonds is 2. The molecule has 0 bridgehead atoms. The van der Waals surface area contributed by atoms with Crippen LogP contribution in [0.4, 0.5) is 5.69 Å². The number of aromatic nitrogens is 1. The van der Waals surface area contributed by atoms with Crippen molar-refractivity contribution in [2.24, 2.45) is 10.1 Å². The standard InChI is InChI=1S/C18H13ClN4OS/c1-24-15-6-7-16-11(9-15)8-12-10-20-23-18(25-17(12)22-16)21-14-4-2-13(19)3-5-14/h2-10H,1H3,(H,21,23). The quantitative estimate of drug-likeness (QED) is 0.717. The number of nitrogens with one attached hydrogen (secondary N) is 1. The van der Waals surface area contributed by atoms with Gasteiger partial charge in [0.15, 0.2) is 5.17 Å². The zero-order valence-corrected chi connectivity index (χ0v) is 14.8. The molecule has 1 aromatic heterocycles. The van der Waals surface area contributed by atoms with Crippen LogP contribution in [0.15, 0.2) is 63.7 Å². The van der Waals surface area contributed by atoms with E-state index in [2.05, 4.69) is 15.5 Å². The summed E-state index contributed by atoms with van der Waals surface area (Å²) in [7, 11) is 1.65. The number of thioether (sulfide) groups is 1. The Morgan fingerprint density at radius 1 is 1.12 bits per heavy atom. The number of amidine groups is 1. The van der Waals surface area contributed by atoms with Crippen molar-refractivity contribution < 1.29 is 4.74 Å². The third-order valence-corrected chi connectivity index (χ3v) is 4.78. The minimum absolute atomic E-state index is 0.651. The van der Waals surface area contributed by atoms with Gasteiger partial charge in [-0.3, -0.25) is 5.43 Å². The van der Waals surface area contributed by atoms with Crippen LogP contribution in [0.2, 0.25) is 5.02 Å². The molecule has 0 spiro atoms. The maximum absolute atomic E-state index is 5.91. The van der Waals surface area contributed by atoms with Crippen molar-refractivity contribution >= 4 is 51.3 Å². The van der Waals surface area contributed by atoms with Crippen molar-refractivity contribution in [3.8, 4) is 5.75 Å². The van der Waals surface area contributed by atoms with Gasteiger partial charge in [-0.25, -0.2) is 9.98 Å². The molecule has 1 aliphatic heterocycles. The predicted octanol–water partition coefficient (Wildman–Crippen LogP) is 4.61. The first-order chi connectivity index (χ1) is 12.2. The molecule has 0 atom stereocenters. The van der Waals surface area contributed by atoms with E-state index in [1.54, 1.807) is 25.5 Å². The van der Waals surface area contributed by atoms with Crippen molar-refractivity contribution in [3.05, 3.63) is 59.1 Å². The normalized spacial score (nSPS) is 14.9. The molecule has 1 N–H and O–H groups in total. The molecule has 5 nitrogen and oxygen atoms in total. The van der Waals surface area contributed by atoms with Crippen molar-refractivity contribution in [3.63, 3.8) is 0 Å². The molecule has 0 unspecified atom stereocenters. The van der Waals surface area contributed by atoms with Crippen LogP contribution in [0.25, 0.3) is 10.9 Å². The van der Waals surface area contributed by atoms with Crippen LogP contribution in [0.3, 0.4) is 0 Å². The molecular weight excluding hydrogens is 356 g/mol. The van der Waals surface area contributed by atoms with E-state index in [9.17, 15) is 0 Å². The van der Waals surface area contributed by atoms with E-state index in [-0.39, 0.29) is 0 Å². The van der Waals surface area contributed by atoms with Crippen molar-refractivity contribution in [1.29, 1.82) is 0 Å². The van der Waals surface area contributed by atoms with E-state index < -0.39 is 0 Å². The smallest absolute Gasteiger partial charge is 0.188 e. The molecule has 0 amide bonds. The number of aliphatic imine (C=N–C) groups is 1. The highest BCUT2D eigenvalue weighted by atomic mass is 35.5.